The minimum atomic E-state index is -4.21. The van der Waals surface area contributed by atoms with Gasteiger partial charge in [-0.2, -0.15) is 0 Å². The van der Waals surface area contributed by atoms with Crippen LogP contribution < -0.4 is 14.4 Å². The highest BCUT2D eigenvalue weighted by Crippen LogP contribution is 2.27. The number of amides is 2. The number of sulfonamides is 1. The van der Waals surface area contributed by atoms with Crippen LogP contribution in [0.3, 0.4) is 0 Å². The molecular weight excluding hydrogens is 598 g/mol. The van der Waals surface area contributed by atoms with Crippen LogP contribution in [0.25, 0.3) is 0 Å². The number of benzene rings is 4. The minimum Gasteiger partial charge on any atom is -0.497 e. The number of nitrogens with zero attached hydrogens (tertiary/aromatic N) is 2. The van der Waals surface area contributed by atoms with Gasteiger partial charge in [-0.15, -0.1) is 0 Å². The summed E-state index contributed by atoms with van der Waals surface area (Å²) in [5.41, 5.74) is 2.69. The molecule has 2 amide bonds. The molecule has 230 valence electrons. The number of rotatable bonds is 13. The molecule has 1 N–H and O–H groups in total. The van der Waals surface area contributed by atoms with Crippen molar-refractivity contribution in [2.75, 3.05) is 24.5 Å². The normalized spacial score (nSPS) is 11.8. The second kappa shape index (κ2) is 14.9. The highest BCUT2D eigenvalue weighted by Gasteiger charge is 2.34. The molecule has 0 aromatic heterocycles. The van der Waals surface area contributed by atoms with Crippen molar-refractivity contribution in [1.82, 2.24) is 10.2 Å². The maximum Gasteiger partial charge on any atom is 0.264 e. The first-order valence-electron chi connectivity index (χ1n) is 14.2. The van der Waals surface area contributed by atoms with E-state index in [4.69, 9.17) is 16.3 Å². The summed E-state index contributed by atoms with van der Waals surface area (Å²) in [6, 6.07) is 28.4. The van der Waals surface area contributed by atoms with Crippen LogP contribution in [0, 0.1) is 6.92 Å². The van der Waals surface area contributed by atoms with Crippen LogP contribution in [0.2, 0.25) is 5.02 Å². The average molecular weight is 634 g/mol. The van der Waals surface area contributed by atoms with Gasteiger partial charge in [-0.05, 0) is 67.4 Å². The lowest BCUT2D eigenvalue weighted by molar-refractivity contribution is -0.140. The molecule has 4 aromatic carbocycles. The number of aryl methyl sites for hydroxylation is 1. The summed E-state index contributed by atoms with van der Waals surface area (Å²) in [4.78, 5) is 29.5. The zero-order valence-corrected chi connectivity index (χ0v) is 26.5. The maximum atomic E-state index is 14.4. The first-order valence-corrected chi connectivity index (χ1v) is 16.0. The Kier molecular flexibility index (Phi) is 11.0. The Morgan fingerprint density at radius 3 is 2.23 bits per heavy atom. The van der Waals surface area contributed by atoms with E-state index in [1.54, 1.807) is 62.6 Å². The Bertz CT molecular complexity index is 1680. The van der Waals surface area contributed by atoms with Crippen molar-refractivity contribution in [3.63, 3.8) is 0 Å². The molecule has 0 aliphatic carbocycles. The fourth-order valence-electron chi connectivity index (χ4n) is 4.81. The fourth-order valence-corrected chi connectivity index (χ4v) is 6.40. The second-order valence-corrected chi connectivity index (χ2v) is 12.6. The maximum absolute atomic E-state index is 14.4. The van der Waals surface area contributed by atoms with E-state index in [9.17, 15) is 18.0 Å². The summed E-state index contributed by atoms with van der Waals surface area (Å²) >= 11 is 6.28. The summed E-state index contributed by atoms with van der Waals surface area (Å²) in [6.07, 6.45) is 0.226. The molecular formula is C34H36ClN3O5S. The number of carbonyl (C=O) groups is 2. The zero-order valence-electron chi connectivity index (χ0n) is 24.9. The smallest absolute Gasteiger partial charge is 0.264 e. The third-order valence-electron chi connectivity index (χ3n) is 7.09. The summed E-state index contributed by atoms with van der Waals surface area (Å²) in [7, 11) is -2.66. The van der Waals surface area contributed by atoms with E-state index in [-0.39, 0.29) is 29.5 Å². The van der Waals surface area contributed by atoms with Crippen molar-refractivity contribution in [2.24, 2.45) is 0 Å². The van der Waals surface area contributed by atoms with Gasteiger partial charge in [-0.25, -0.2) is 8.42 Å². The van der Waals surface area contributed by atoms with Crippen molar-refractivity contribution < 1.29 is 22.7 Å². The number of likely N-dealkylation sites (N-methyl/N-ethyl adjacent to an activating group) is 1. The number of carbonyl (C=O) groups excluding carboxylic acids is 2. The Balaban J connectivity index is 1.80. The van der Waals surface area contributed by atoms with Crippen LogP contribution in [-0.4, -0.2) is 51.4 Å². The van der Waals surface area contributed by atoms with Crippen LogP contribution in [0.15, 0.2) is 108 Å². The van der Waals surface area contributed by atoms with E-state index in [1.165, 1.54) is 23.1 Å². The zero-order chi connectivity index (χ0) is 31.7. The van der Waals surface area contributed by atoms with Gasteiger partial charge in [-0.3, -0.25) is 13.9 Å². The predicted molar refractivity (Wildman–Crippen MR) is 173 cm³/mol. The molecule has 0 unspecified atom stereocenters. The molecule has 0 spiro atoms. The monoisotopic (exact) mass is 633 g/mol. The van der Waals surface area contributed by atoms with Gasteiger partial charge in [0.05, 0.1) is 17.7 Å². The molecule has 0 radical (unpaired) electrons. The summed E-state index contributed by atoms with van der Waals surface area (Å²) in [5, 5.41) is 3.17. The molecule has 4 rings (SSSR count). The van der Waals surface area contributed by atoms with Crippen LogP contribution in [0.1, 0.15) is 23.6 Å². The van der Waals surface area contributed by atoms with Gasteiger partial charge in [-0.1, -0.05) is 77.8 Å². The van der Waals surface area contributed by atoms with Gasteiger partial charge in [0.2, 0.25) is 11.8 Å². The quantitative estimate of drug-likeness (QED) is 0.206. The largest absolute Gasteiger partial charge is 0.497 e. The number of nitrogens with one attached hydrogen (secondary N) is 1. The topological polar surface area (TPSA) is 96.0 Å². The van der Waals surface area contributed by atoms with E-state index in [0.29, 0.717) is 17.3 Å². The highest BCUT2D eigenvalue weighted by atomic mass is 35.5. The van der Waals surface area contributed by atoms with Gasteiger partial charge in [0.15, 0.2) is 0 Å². The van der Waals surface area contributed by atoms with Crippen molar-refractivity contribution in [1.29, 1.82) is 0 Å². The molecule has 0 bridgehead atoms. The van der Waals surface area contributed by atoms with E-state index in [2.05, 4.69) is 5.32 Å². The van der Waals surface area contributed by atoms with Crippen molar-refractivity contribution >= 4 is 39.1 Å². The van der Waals surface area contributed by atoms with Crippen molar-refractivity contribution in [3.8, 4) is 5.75 Å². The number of anilines is 1. The lowest BCUT2D eigenvalue weighted by Crippen LogP contribution is -2.53. The average Bonchev–Trinajstić information content (AvgIpc) is 3.02. The lowest BCUT2D eigenvalue weighted by atomic mass is 10.0. The number of ether oxygens (including phenoxy) is 1. The van der Waals surface area contributed by atoms with E-state index in [0.717, 1.165) is 21.0 Å². The Hall–Kier alpha value is -4.34. The van der Waals surface area contributed by atoms with Gasteiger partial charge in [0.1, 0.15) is 18.3 Å². The van der Waals surface area contributed by atoms with Gasteiger partial charge >= 0.3 is 0 Å². The Labute approximate surface area is 264 Å². The van der Waals surface area contributed by atoms with Gasteiger partial charge in [0.25, 0.3) is 10.0 Å². The number of hydrogen-bond donors (Lipinski definition) is 1. The number of methoxy groups -OCH3 is 1. The summed E-state index contributed by atoms with van der Waals surface area (Å²) in [6.45, 7) is 3.51. The molecule has 0 heterocycles. The van der Waals surface area contributed by atoms with E-state index >= 15 is 0 Å². The molecule has 0 fully saturated rings. The molecule has 0 aliphatic rings. The first-order chi connectivity index (χ1) is 21.1. The molecule has 8 nitrogen and oxygen atoms in total. The van der Waals surface area contributed by atoms with Crippen LogP contribution >= 0.6 is 11.6 Å². The van der Waals surface area contributed by atoms with Crippen LogP contribution in [0.4, 0.5) is 5.69 Å². The predicted octanol–water partition coefficient (Wildman–Crippen LogP) is 5.63. The molecule has 44 heavy (non-hydrogen) atoms. The molecule has 0 saturated carbocycles. The highest BCUT2D eigenvalue weighted by molar-refractivity contribution is 7.92. The van der Waals surface area contributed by atoms with Crippen molar-refractivity contribution in [3.05, 3.63) is 125 Å². The second-order valence-electron chi connectivity index (χ2n) is 10.3. The van der Waals surface area contributed by atoms with Crippen LogP contribution in [-0.2, 0) is 32.6 Å². The van der Waals surface area contributed by atoms with Gasteiger partial charge in [0, 0.05) is 24.5 Å². The molecule has 1 atom stereocenters. The Morgan fingerprint density at radius 1 is 0.886 bits per heavy atom. The van der Waals surface area contributed by atoms with Gasteiger partial charge < -0.3 is 15.0 Å². The molecule has 0 saturated heterocycles. The SMILES string of the molecule is CCNC(=O)[C@H](Cc1ccccc1)N(Cc1cccc(OC)c1)C(=O)CN(c1cccc(Cl)c1)S(=O)(=O)c1ccc(C)cc1. The fraction of sp³-hybridized carbons (Fsp3) is 0.235. The standard InChI is InChI=1S/C34H36ClN3O5S/c1-4-36-34(40)32(21-26-10-6-5-7-11-26)37(23-27-12-8-15-30(20-27)43-3)33(39)24-38(29-14-9-13-28(35)22-29)44(41,42)31-18-16-25(2)17-19-31/h5-20,22,32H,4,21,23-24H2,1-3H3,(H,36,40)/t32-/m0/s1. The molecule has 10 heteroatoms. The first kappa shape index (κ1) is 32.6. The molecule has 4 aromatic rings. The van der Waals surface area contributed by atoms with Crippen LogP contribution in [0.5, 0.6) is 5.75 Å². The van der Waals surface area contributed by atoms with E-state index in [1.807, 2.05) is 43.3 Å². The van der Waals surface area contributed by atoms with Crippen molar-refractivity contribution in [2.45, 2.75) is 37.8 Å². The third-order valence-corrected chi connectivity index (χ3v) is 9.12. The Morgan fingerprint density at radius 2 is 1.57 bits per heavy atom. The molecule has 0 aliphatic heterocycles. The third kappa shape index (κ3) is 8.18. The number of halogens is 1. The summed E-state index contributed by atoms with van der Waals surface area (Å²) < 4.78 is 34.6. The minimum absolute atomic E-state index is 0.0276. The van der Waals surface area contributed by atoms with E-state index < -0.39 is 28.5 Å². The lowest BCUT2D eigenvalue weighted by Gasteiger charge is -2.34. The number of hydrogen-bond acceptors (Lipinski definition) is 5. The summed E-state index contributed by atoms with van der Waals surface area (Å²) in [5.74, 6) is -0.311.